The lowest BCUT2D eigenvalue weighted by molar-refractivity contribution is -0.168. The number of nitrogens with zero attached hydrogens (tertiary/aromatic N) is 2. The molecule has 0 aliphatic rings. The molecule has 21 heavy (non-hydrogen) atoms. The summed E-state index contributed by atoms with van der Waals surface area (Å²) in [4.78, 5) is 5.35. The normalized spacial score (nSPS) is 15.1. The van der Waals surface area contributed by atoms with E-state index in [1.807, 2.05) is 0 Å². The van der Waals surface area contributed by atoms with Gasteiger partial charge in [-0.15, -0.1) is 0 Å². The van der Waals surface area contributed by atoms with Crippen molar-refractivity contribution in [2.75, 3.05) is 27.4 Å². The van der Waals surface area contributed by atoms with Gasteiger partial charge in [-0.05, 0) is 33.2 Å². The second-order valence-electron chi connectivity index (χ2n) is 4.58. The number of hydrogen-bond acceptors (Lipinski definition) is 6. The van der Waals surface area contributed by atoms with Crippen LogP contribution in [0.1, 0.15) is 13.3 Å². The molecule has 0 amide bonds. The average Bonchev–Trinajstić information content (AvgIpc) is 2.52. The number of rotatable bonds is 11. The first-order valence-corrected chi connectivity index (χ1v) is 6.53. The fraction of sp³-hybridized carbons (Fsp3) is 0.571. The van der Waals surface area contributed by atoms with Gasteiger partial charge < -0.3 is 20.6 Å². The number of hydrogen-bond donors (Lipinski definition) is 3. The van der Waals surface area contributed by atoms with Crippen LogP contribution >= 0.6 is 0 Å². The highest BCUT2D eigenvalue weighted by Crippen LogP contribution is 2.08. The first-order chi connectivity index (χ1) is 9.90. The molecule has 0 aromatic heterocycles. The molecule has 0 radical (unpaired) electrons. The fourth-order valence-electron chi connectivity index (χ4n) is 1.58. The van der Waals surface area contributed by atoms with Gasteiger partial charge in [-0.3, -0.25) is 4.90 Å². The minimum absolute atomic E-state index is 0.203. The third-order valence-electron chi connectivity index (χ3n) is 3.07. The number of nitrogens with one attached hydrogen (secondary N) is 2. The first-order valence-electron chi connectivity index (χ1n) is 6.53. The molecule has 0 saturated carbocycles. The van der Waals surface area contributed by atoms with Crippen molar-refractivity contribution in [2.45, 2.75) is 25.8 Å². The van der Waals surface area contributed by atoms with Crippen molar-refractivity contribution >= 4 is 12.4 Å². The van der Waals surface area contributed by atoms with Crippen molar-refractivity contribution < 1.29 is 14.2 Å². The third-order valence-corrected chi connectivity index (χ3v) is 3.07. The molecular weight excluding hydrogens is 275 g/mol. The van der Waals surface area contributed by atoms with Crippen LogP contribution in [0.25, 0.3) is 0 Å². The number of aliphatic hydroxyl groups excluding tert-OH is 1. The van der Waals surface area contributed by atoms with Gasteiger partial charge in [-0.25, -0.2) is 9.38 Å². The summed E-state index contributed by atoms with van der Waals surface area (Å²) in [6.07, 6.45) is 0.796. The second kappa shape index (κ2) is 10.2. The maximum absolute atomic E-state index is 13.1. The highest BCUT2D eigenvalue weighted by Gasteiger charge is 2.15. The van der Waals surface area contributed by atoms with Gasteiger partial charge in [0.25, 0.3) is 0 Å². The molecule has 0 heterocycles. The van der Waals surface area contributed by atoms with Crippen molar-refractivity contribution in [3.05, 3.63) is 24.0 Å². The van der Waals surface area contributed by atoms with Crippen LogP contribution in [0.5, 0.6) is 0 Å². The lowest BCUT2D eigenvalue weighted by atomic mass is 10.1. The summed E-state index contributed by atoms with van der Waals surface area (Å²) < 4.78 is 17.9. The van der Waals surface area contributed by atoms with Crippen molar-refractivity contribution in [1.29, 1.82) is 5.41 Å². The SMILES string of the molecule is C=CC(=N)/C(C)=C(\N=C)N[C@H](CF)CCN(C)C(O)OC. The lowest BCUT2D eigenvalue weighted by Crippen LogP contribution is -2.39. The molecule has 120 valence electrons. The minimum atomic E-state index is -1.02. The zero-order valence-electron chi connectivity index (χ0n) is 12.9. The molecule has 1 unspecified atom stereocenters. The highest BCUT2D eigenvalue weighted by atomic mass is 19.1. The van der Waals surface area contributed by atoms with E-state index in [1.165, 1.54) is 13.2 Å². The Balaban J connectivity index is 4.71. The molecule has 0 fully saturated rings. The summed E-state index contributed by atoms with van der Waals surface area (Å²) in [5.41, 5.74) is 0.748. The first kappa shape index (κ1) is 19.4. The van der Waals surface area contributed by atoms with Gasteiger partial charge in [0.15, 0.2) is 0 Å². The van der Waals surface area contributed by atoms with E-state index in [4.69, 9.17) is 10.1 Å². The number of allylic oxidation sites excluding steroid dienone is 2. The predicted octanol–water partition coefficient (Wildman–Crippen LogP) is 1.30. The Morgan fingerprint density at radius 3 is 2.67 bits per heavy atom. The Kier molecular flexibility index (Phi) is 9.44. The molecule has 6 nitrogen and oxygen atoms in total. The Morgan fingerprint density at radius 1 is 1.62 bits per heavy atom. The van der Waals surface area contributed by atoms with Gasteiger partial charge in [0.2, 0.25) is 6.41 Å². The molecule has 0 aromatic carbocycles. The van der Waals surface area contributed by atoms with E-state index in [2.05, 4.69) is 23.6 Å². The molecule has 3 N–H and O–H groups in total. The summed E-state index contributed by atoms with van der Waals surface area (Å²) in [6, 6.07) is -0.496. The molecule has 0 aliphatic carbocycles. The van der Waals surface area contributed by atoms with Gasteiger partial charge in [-0.2, -0.15) is 0 Å². The van der Waals surface area contributed by atoms with Crippen molar-refractivity contribution in [2.24, 2.45) is 4.99 Å². The molecule has 7 heteroatoms. The number of ether oxygens (including phenoxy) is 1. The Labute approximate surface area is 125 Å². The van der Waals surface area contributed by atoms with Crippen LogP contribution in [-0.2, 0) is 4.74 Å². The van der Waals surface area contributed by atoms with Crippen LogP contribution in [0.4, 0.5) is 4.39 Å². The molecule has 2 atom stereocenters. The largest absolute Gasteiger partial charge is 0.364 e. The fourth-order valence-corrected chi connectivity index (χ4v) is 1.58. The van der Waals surface area contributed by atoms with Crippen LogP contribution in [-0.4, -0.2) is 62.3 Å². The van der Waals surface area contributed by atoms with E-state index in [9.17, 15) is 9.50 Å². The topological polar surface area (TPSA) is 80.9 Å². The highest BCUT2D eigenvalue weighted by molar-refractivity contribution is 6.05. The summed E-state index contributed by atoms with van der Waals surface area (Å²) >= 11 is 0. The van der Waals surface area contributed by atoms with Gasteiger partial charge in [-0.1, -0.05) is 6.58 Å². The molecular formula is C14H25FN4O2. The maximum atomic E-state index is 13.1. The lowest BCUT2D eigenvalue weighted by Gasteiger charge is -2.24. The van der Waals surface area contributed by atoms with Gasteiger partial charge >= 0.3 is 0 Å². The third kappa shape index (κ3) is 6.61. The van der Waals surface area contributed by atoms with Gasteiger partial charge in [0.1, 0.15) is 12.5 Å². The smallest absolute Gasteiger partial charge is 0.215 e. The molecule has 0 aromatic rings. The van der Waals surface area contributed by atoms with E-state index >= 15 is 0 Å². The molecule has 0 saturated heterocycles. The Morgan fingerprint density at radius 2 is 2.24 bits per heavy atom. The molecule has 0 aliphatic heterocycles. The molecule has 0 bridgehead atoms. The van der Waals surface area contributed by atoms with E-state index in [0.29, 0.717) is 24.4 Å². The van der Waals surface area contributed by atoms with Crippen LogP contribution in [0.3, 0.4) is 0 Å². The Hall–Kier alpha value is -1.57. The van der Waals surface area contributed by atoms with E-state index in [-0.39, 0.29) is 5.71 Å². The predicted molar refractivity (Wildman–Crippen MR) is 83.3 cm³/mol. The monoisotopic (exact) mass is 300 g/mol. The Bertz CT molecular complexity index is 398. The second-order valence-corrected chi connectivity index (χ2v) is 4.58. The number of halogens is 1. The maximum Gasteiger partial charge on any atom is 0.215 e. The quantitative estimate of drug-likeness (QED) is 0.397. The van der Waals surface area contributed by atoms with Crippen LogP contribution in [0, 0.1) is 5.41 Å². The standard InChI is InChI=1S/C14H25FN4O2/c1-6-12(16)10(2)13(17-3)18-11(9-15)7-8-19(4)14(20)21-5/h6,11,14,16,18,20H,1,3,7-9H2,2,4-5H3/b13-10+,16-12?/t11-,14?/m0/s1. The minimum Gasteiger partial charge on any atom is -0.364 e. The van der Waals surface area contributed by atoms with E-state index < -0.39 is 19.1 Å². The van der Waals surface area contributed by atoms with Crippen molar-refractivity contribution in [1.82, 2.24) is 10.2 Å². The van der Waals surface area contributed by atoms with Crippen LogP contribution in [0.2, 0.25) is 0 Å². The van der Waals surface area contributed by atoms with Crippen LogP contribution in [0.15, 0.2) is 29.0 Å². The summed E-state index contributed by atoms with van der Waals surface area (Å²) in [6.45, 7) is 8.46. The summed E-state index contributed by atoms with van der Waals surface area (Å²) in [5.74, 6) is 0.359. The van der Waals surface area contributed by atoms with E-state index in [1.54, 1.807) is 18.9 Å². The molecule has 0 rings (SSSR count). The van der Waals surface area contributed by atoms with Crippen molar-refractivity contribution in [3.8, 4) is 0 Å². The number of methoxy groups -OCH3 is 1. The van der Waals surface area contributed by atoms with E-state index in [0.717, 1.165) is 0 Å². The number of aliphatic imine (C=N–C) groups is 1. The van der Waals surface area contributed by atoms with Crippen molar-refractivity contribution in [3.63, 3.8) is 0 Å². The summed E-state index contributed by atoms with van der Waals surface area (Å²) in [5, 5.41) is 20.0. The van der Waals surface area contributed by atoms with Gasteiger partial charge in [0.05, 0.1) is 11.8 Å². The zero-order chi connectivity index (χ0) is 16.4. The number of aliphatic hydroxyl groups is 1. The molecule has 0 spiro atoms. The van der Waals surface area contributed by atoms with Gasteiger partial charge in [0, 0.05) is 19.2 Å². The number of alkyl halides is 1. The zero-order valence-corrected chi connectivity index (χ0v) is 12.9. The summed E-state index contributed by atoms with van der Waals surface area (Å²) in [7, 11) is 3.06. The van der Waals surface area contributed by atoms with Crippen LogP contribution < -0.4 is 5.32 Å². The average molecular weight is 300 g/mol.